The molecule has 1 aliphatic carbocycles. The minimum absolute atomic E-state index is 0.242. The Bertz CT molecular complexity index is 542. The van der Waals surface area contributed by atoms with Crippen LogP contribution < -0.4 is 10.1 Å². The standard InChI is InChI=1S/C15H18ClNO4/c1-9-7-11(16)3-6-13(9)20-8-14(18)21-10(2)15(19)17-12-4-5-12/h3,6-7,10,12H,4-5,8H2,1-2H3,(H,17,19)/t10-/m1/s1. The Morgan fingerprint density at radius 2 is 2.14 bits per heavy atom. The van der Waals surface area contributed by atoms with Gasteiger partial charge < -0.3 is 14.8 Å². The van der Waals surface area contributed by atoms with E-state index < -0.39 is 12.1 Å². The van der Waals surface area contributed by atoms with Crippen LogP contribution in [0.1, 0.15) is 25.3 Å². The van der Waals surface area contributed by atoms with Crippen LogP contribution in [-0.2, 0) is 14.3 Å². The maximum absolute atomic E-state index is 11.7. The van der Waals surface area contributed by atoms with Crippen LogP contribution in [0.3, 0.4) is 0 Å². The monoisotopic (exact) mass is 311 g/mol. The lowest BCUT2D eigenvalue weighted by Crippen LogP contribution is -2.37. The number of hydrogen-bond donors (Lipinski definition) is 1. The van der Waals surface area contributed by atoms with E-state index in [1.807, 2.05) is 6.92 Å². The van der Waals surface area contributed by atoms with E-state index in [-0.39, 0.29) is 18.6 Å². The highest BCUT2D eigenvalue weighted by molar-refractivity contribution is 6.30. The Hall–Kier alpha value is -1.75. The van der Waals surface area contributed by atoms with Gasteiger partial charge in [0, 0.05) is 11.1 Å². The maximum Gasteiger partial charge on any atom is 0.344 e. The molecule has 0 radical (unpaired) electrons. The summed E-state index contributed by atoms with van der Waals surface area (Å²) in [4.78, 5) is 23.3. The SMILES string of the molecule is Cc1cc(Cl)ccc1OCC(=O)O[C@H](C)C(=O)NC1CC1. The van der Waals surface area contributed by atoms with Gasteiger partial charge >= 0.3 is 5.97 Å². The van der Waals surface area contributed by atoms with Crippen molar-refractivity contribution < 1.29 is 19.1 Å². The molecule has 1 amide bonds. The van der Waals surface area contributed by atoms with Crippen molar-refractivity contribution in [2.75, 3.05) is 6.61 Å². The fourth-order valence-corrected chi connectivity index (χ4v) is 1.97. The molecule has 0 aromatic heterocycles. The van der Waals surface area contributed by atoms with Gasteiger partial charge in [-0.15, -0.1) is 0 Å². The van der Waals surface area contributed by atoms with Crippen LogP contribution in [0.25, 0.3) is 0 Å². The van der Waals surface area contributed by atoms with Gasteiger partial charge in [-0.2, -0.15) is 0 Å². The van der Waals surface area contributed by atoms with Crippen molar-refractivity contribution in [3.8, 4) is 5.75 Å². The van der Waals surface area contributed by atoms with Gasteiger partial charge in [-0.3, -0.25) is 4.79 Å². The van der Waals surface area contributed by atoms with E-state index >= 15 is 0 Å². The highest BCUT2D eigenvalue weighted by Crippen LogP contribution is 2.22. The predicted molar refractivity (Wildman–Crippen MR) is 78.4 cm³/mol. The molecule has 1 saturated carbocycles. The predicted octanol–water partition coefficient (Wildman–Crippen LogP) is 2.24. The molecule has 6 heteroatoms. The Labute approximate surface area is 128 Å². The van der Waals surface area contributed by atoms with Crippen molar-refractivity contribution in [1.29, 1.82) is 0 Å². The fraction of sp³-hybridized carbons (Fsp3) is 0.467. The van der Waals surface area contributed by atoms with Crippen molar-refractivity contribution >= 4 is 23.5 Å². The largest absolute Gasteiger partial charge is 0.482 e. The van der Waals surface area contributed by atoms with E-state index in [4.69, 9.17) is 21.1 Å². The molecule has 1 N–H and O–H groups in total. The minimum Gasteiger partial charge on any atom is -0.482 e. The number of esters is 1. The number of benzene rings is 1. The summed E-state index contributed by atoms with van der Waals surface area (Å²) >= 11 is 5.84. The van der Waals surface area contributed by atoms with Gasteiger partial charge in [-0.25, -0.2) is 4.79 Å². The van der Waals surface area contributed by atoms with Gasteiger partial charge in [0.05, 0.1) is 0 Å². The Kier molecular flexibility index (Phi) is 5.07. The zero-order valence-electron chi connectivity index (χ0n) is 12.0. The molecule has 0 saturated heterocycles. The third-order valence-electron chi connectivity index (χ3n) is 3.08. The highest BCUT2D eigenvalue weighted by Gasteiger charge is 2.27. The molecule has 1 aromatic rings. The number of halogens is 1. The van der Waals surface area contributed by atoms with Gasteiger partial charge in [-0.1, -0.05) is 11.6 Å². The summed E-state index contributed by atoms with van der Waals surface area (Å²) < 4.78 is 10.4. The summed E-state index contributed by atoms with van der Waals surface area (Å²) in [5.74, 6) is -0.289. The number of nitrogens with one attached hydrogen (secondary N) is 1. The molecule has 0 aliphatic heterocycles. The van der Waals surface area contributed by atoms with Crippen molar-refractivity contribution in [2.24, 2.45) is 0 Å². The van der Waals surface area contributed by atoms with Gasteiger partial charge in [0.2, 0.25) is 0 Å². The summed E-state index contributed by atoms with van der Waals surface area (Å²) in [7, 11) is 0. The molecule has 5 nitrogen and oxygen atoms in total. The number of rotatable bonds is 6. The zero-order chi connectivity index (χ0) is 15.4. The van der Waals surface area contributed by atoms with Crippen LogP contribution >= 0.6 is 11.6 Å². The van der Waals surface area contributed by atoms with Crippen LogP contribution in [-0.4, -0.2) is 30.6 Å². The highest BCUT2D eigenvalue weighted by atomic mass is 35.5. The Balaban J connectivity index is 1.77. The lowest BCUT2D eigenvalue weighted by molar-refractivity contribution is -0.156. The molecule has 1 aliphatic rings. The van der Waals surface area contributed by atoms with Crippen LogP contribution in [0, 0.1) is 6.92 Å². The normalized spacial score (nSPS) is 15.2. The molecule has 114 valence electrons. The van der Waals surface area contributed by atoms with Crippen LogP contribution in [0.5, 0.6) is 5.75 Å². The smallest absolute Gasteiger partial charge is 0.344 e. The molecular formula is C15H18ClNO4. The number of amides is 1. The van der Waals surface area contributed by atoms with E-state index in [9.17, 15) is 9.59 Å². The number of aryl methyl sites for hydroxylation is 1. The van der Waals surface area contributed by atoms with Gasteiger partial charge in [0.25, 0.3) is 5.91 Å². The van der Waals surface area contributed by atoms with Crippen LogP contribution in [0.2, 0.25) is 5.02 Å². The number of carbonyl (C=O) groups excluding carboxylic acids is 2. The Morgan fingerprint density at radius 1 is 1.43 bits per heavy atom. The quantitative estimate of drug-likeness (QED) is 0.818. The average molecular weight is 312 g/mol. The fourth-order valence-electron chi connectivity index (χ4n) is 1.74. The summed E-state index contributed by atoms with van der Waals surface area (Å²) in [5, 5.41) is 3.38. The first kappa shape index (κ1) is 15.6. The average Bonchev–Trinajstić information content (AvgIpc) is 3.21. The van der Waals surface area contributed by atoms with Crippen molar-refractivity contribution in [3.05, 3.63) is 28.8 Å². The molecule has 0 unspecified atom stereocenters. The molecule has 1 aromatic carbocycles. The van der Waals surface area contributed by atoms with Gasteiger partial charge in [-0.05, 0) is 50.5 Å². The lowest BCUT2D eigenvalue weighted by atomic mass is 10.2. The lowest BCUT2D eigenvalue weighted by Gasteiger charge is -2.14. The first-order valence-corrected chi connectivity index (χ1v) is 7.22. The molecule has 21 heavy (non-hydrogen) atoms. The number of carbonyl (C=O) groups is 2. The van der Waals surface area contributed by atoms with E-state index in [2.05, 4.69) is 5.32 Å². The van der Waals surface area contributed by atoms with E-state index in [0.717, 1.165) is 18.4 Å². The molecule has 2 rings (SSSR count). The van der Waals surface area contributed by atoms with Gasteiger partial charge in [0.1, 0.15) is 5.75 Å². The maximum atomic E-state index is 11.7. The second-order valence-electron chi connectivity index (χ2n) is 5.11. The van der Waals surface area contributed by atoms with Crippen molar-refractivity contribution in [3.63, 3.8) is 0 Å². The Morgan fingerprint density at radius 3 is 2.76 bits per heavy atom. The van der Waals surface area contributed by atoms with Crippen LogP contribution in [0.15, 0.2) is 18.2 Å². The second kappa shape index (κ2) is 6.80. The van der Waals surface area contributed by atoms with E-state index in [0.29, 0.717) is 10.8 Å². The van der Waals surface area contributed by atoms with Crippen molar-refractivity contribution in [1.82, 2.24) is 5.32 Å². The van der Waals surface area contributed by atoms with Crippen LogP contribution in [0.4, 0.5) is 0 Å². The zero-order valence-corrected chi connectivity index (χ0v) is 12.8. The molecular weight excluding hydrogens is 294 g/mol. The first-order chi connectivity index (χ1) is 9.95. The molecule has 0 bridgehead atoms. The summed E-state index contributed by atoms with van der Waals surface area (Å²) in [5.41, 5.74) is 0.829. The molecule has 1 atom stereocenters. The summed E-state index contributed by atoms with van der Waals surface area (Å²) in [6.07, 6.45) is 1.17. The number of hydrogen-bond acceptors (Lipinski definition) is 4. The molecule has 0 heterocycles. The number of ether oxygens (including phenoxy) is 2. The summed E-state index contributed by atoms with van der Waals surface area (Å²) in [6, 6.07) is 5.36. The van der Waals surface area contributed by atoms with E-state index in [1.54, 1.807) is 25.1 Å². The molecule has 0 spiro atoms. The second-order valence-corrected chi connectivity index (χ2v) is 5.55. The van der Waals surface area contributed by atoms with Gasteiger partial charge in [0.15, 0.2) is 12.7 Å². The topological polar surface area (TPSA) is 64.6 Å². The third kappa shape index (κ3) is 4.93. The first-order valence-electron chi connectivity index (χ1n) is 6.84. The van der Waals surface area contributed by atoms with E-state index in [1.165, 1.54) is 0 Å². The molecule has 1 fully saturated rings. The van der Waals surface area contributed by atoms with Crippen molar-refractivity contribution in [2.45, 2.75) is 38.8 Å². The summed E-state index contributed by atoms with van der Waals surface area (Å²) in [6.45, 7) is 3.13. The third-order valence-corrected chi connectivity index (χ3v) is 3.32. The minimum atomic E-state index is -0.812.